The summed E-state index contributed by atoms with van der Waals surface area (Å²) >= 11 is 0. The van der Waals surface area contributed by atoms with Crippen LogP contribution in [0.5, 0.6) is 0 Å². The molecule has 0 aromatic carbocycles. The van der Waals surface area contributed by atoms with Crippen molar-refractivity contribution in [2.75, 3.05) is 19.3 Å². The SMILES string of the molecule is CCC(C)N(CC(=O)O)C(=O)NCC(C)S(C)=O. The number of aliphatic carboxylic acids is 1. The average Bonchev–Trinajstić information content (AvgIpc) is 2.31. The number of nitrogens with one attached hydrogen (secondary N) is 1. The molecule has 0 bridgehead atoms. The van der Waals surface area contributed by atoms with Gasteiger partial charge < -0.3 is 15.3 Å². The molecule has 0 aliphatic heterocycles. The lowest BCUT2D eigenvalue weighted by Crippen LogP contribution is -2.48. The molecule has 0 heterocycles. The Kier molecular flexibility index (Phi) is 7.58. The third-order valence-corrected chi connectivity index (χ3v) is 4.10. The molecule has 18 heavy (non-hydrogen) atoms. The van der Waals surface area contributed by atoms with E-state index in [2.05, 4.69) is 5.32 Å². The smallest absolute Gasteiger partial charge is 0.323 e. The summed E-state index contributed by atoms with van der Waals surface area (Å²) in [4.78, 5) is 23.8. The summed E-state index contributed by atoms with van der Waals surface area (Å²) in [7, 11) is -1.01. The number of carboxylic acid groups (broad SMARTS) is 1. The second-order valence-electron chi connectivity index (χ2n) is 4.27. The van der Waals surface area contributed by atoms with Gasteiger partial charge in [0.1, 0.15) is 6.54 Å². The largest absolute Gasteiger partial charge is 0.480 e. The zero-order valence-corrected chi connectivity index (χ0v) is 12.1. The minimum Gasteiger partial charge on any atom is -0.480 e. The molecule has 3 atom stereocenters. The van der Waals surface area contributed by atoms with Crippen molar-refractivity contribution < 1.29 is 18.9 Å². The molecule has 0 aromatic heterocycles. The minimum atomic E-state index is -1.04. The van der Waals surface area contributed by atoms with Gasteiger partial charge in [-0.3, -0.25) is 9.00 Å². The van der Waals surface area contributed by atoms with E-state index in [1.807, 2.05) is 6.92 Å². The normalized spacial score (nSPS) is 15.6. The number of carbonyl (C=O) groups is 2. The van der Waals surface area contributed by atoms with E-state index in [1.165, 1.54) is 4.90 Å². The summed E-state index contributed by atoms with van der Waals surface area (Å²) < 4.78 is 11.1. The number of carbonyl (C=O) groups excluding carboxylic acids is 1. The lowest BCUT2D eigenvalue weighted by Gasteiger charge is -2.27. The van der Waals surface area contributed by atoms with Crippen molar-refractivity contribution in [2.45, 2.75) is 38.5 Å². The van der Waals surface area contributed by atoms with Crippen LogP contribution in [0.4, 0.5) is 4.79 Å². The summed E-state index contributed by atoms with van der Waals surface area (Å²) in [6.07, 6.45) is 2.25. The van der Waals surface area contributed by atoms with Gasteiger partial charge in [-0.05, 0) is 20.3 Å². The fourth-order valence-corrected chi connectivity index (χ4v) is 1.56. The molecule has 0 aromatic rings. The van der Waals surface area contributed by atoms with Crippen LogP contribution in [-0.2, 0) is 15.6 Å². The zero-order valence-electron chi connectivity index (χ0n) is 11.3. The molecule has 106 valence electrons. The Balaban J connectivity index is 4.47. The maximum atomic E-state index is 11.9. The first-order valence-electron chi connectivity index (χ1n) is 5.88. The summed E-state index contributed by atoms with van der Waals surface area (Å²) in [5.74, 6) is -1.04. The Morgan fingerprint density at radius 3 is 2.33 bits per heavy atom. The molecular formula is C11H22N2O4S. The first-order valence-corrected chi connectivity index (χ1v) is 7.50. The second-order valence-corrected chi connectivity index (χ2v) is 6.08. The van der Waals surface area contributed by atoms with Gasteiger partial charge >= 0.3 is 12.0 Å². The molecule has 2 N–H and O–H groups in total. The van der Waals surface area contributed by atoms with E-state index in [0.717, 1.165) is 0 Å². The average molecular weight is 278 g/mol. The van der Waals surface area contributed by atoms with Gasteiger partial charge in [0.15, 0.2) is 0 Å². The summed E-state index contributed by atoms with van der Waals surface area (Å²) in [5, 5.41) is 11.2. The van der Waals surface area contributed by atoms with Crippen LogP contribution in [0.25, 0.3) is 0 Å². The van der Waals surface area contributed by atoms with Gasteiger partial charge in [0.2, 0.25) is 0 Å². The van der Waals surface area contributed by atoms with E-state index >= 15 is 0 Å². The van der Waals surface area contributed by atoms with Crippen LogP contribution in [0.2, 0.25) is 0 Å². The van der Waals surface area contributed by atoms with Crippen LogP contribution < -0.4 is 5.32 Å². The van der Waals surface area contributed by atoms with E-state index in [4.69, 9.17) is 5.11 Å². The van der Waals surface area contributed by atoms with Crippen LogP contribution in [0.1, 0.15) is 27.2 Å². The van der Waals surface area contributed by atoms with Crippen molar-refractivity contribution in [3.05, 3.63) is 0 Å². The molecule has 2 amide bonds. The Labute approximate surface area is 110 Å². The van der Waals surface area contributed by atoms with Gasteiger partial charge in [0, 0.05) is 34.9 Å². The number of urea groups is 1. The van der Waals surface area contributed by atoms with Crippen LogP contribution in [-0.4, -0.2) is 56.9 Å². The Morgan fingerprint density at radius 1 is 1.39 bits per heavy atom. The van der Waals surface area contributed by atoms with Crippen molar-refractivity contribution in [1.29, 1.82) is 0 Å². The monoisotopic (exact) mass is 278 g/mol. The third-order valence-electron chi connectivity index (χ3n) is 2.80. The van der Waals surface area contributed by atoms with Gasteiger partial charge in [0.05, 0.1) is 0 Å². The highest BCUT2D eigenvalue weighted by molar-refractivity contribution is 7.84. The lowest BCUT2D eigenvalue weighted by atomic mass is 10.2. The molecule has 0 aliphatic carbocycles. The van der Waals surface area contributed by atoms with Crippen LogP contribution in [0, 0.1) is 0 Å². The van der Waals surface area contributed by atoms with E-state index < -0.39 is 22.8 Å². The molecule has 7 heteroatoms. The number of hydrogen-bond donors (Lipinski definition) is 2. The van der Waals surface area contributed by atoms with Gasteiger partial charge in [-0.15, -0.1) is 0 Å². The maximum Gasteiger partial charge on any atom is 0.323 e. The number of nitrogens with zero attached hydrogens (tertiary/aromatic N) is 1. The standard InChI is InChI=1S/C11H22N2O4S/c1-5-8(2)13(7-10(14)15)11(16)12-6-9(3)18(4)17/h8-9H,5-7H2,1-4H3,(H,12,16)(H,14,15). The van der Waals surface area contributed by atoms with Crippen molar-refractivity contribution in [3.63, 3.8) is 0 Å². The van der Waals surface area contributed by atoms with Crippen molar-refractivity contribution >= 4 is 22.8 Å². The Bertz CT molecular complexity index is 322. The minimum absolute atomic E-state index is 0.150. The van der Waals surface area contributed by atoms with Gasteiger partial charge in [-0.25, -0.2) is 4.79 Å². The molecule has 0 saturated carbocycles. The Morgan fingerprint density at radius 2 is 1.94 bits per heavy atom. The molecule has 3 unspecified atom stereocenters. The third kappa shape index (κ3) is 6.00. The summed E-state index contributed by atoms with van der Waals surface area (Å²) in [6.45, 7) is 5.39. The van der Waals surface area contributed by atoms with Gasteiger partial charge in [-0.1, -0.05) is 6.92 Å². The number of amides is 2. The topological polar surface area (TPSA) is 86.7 Å². The highest BCUT2D eigenvalue weighted by Crippen LogP contribution is 2.04. The summed E-state index contributed by atoms with van der Waals surface area (Å²) in [5.41, 5.74) is 0. The van der Waals surface area contributed by atoms with E-state index in [-0.39, 0.29) is 24.4 Å². The molecular weight excluding hydrogens is 256 g/mol. The number of rotatable bonds is 7. The van der Waals surface area contributed by atoms with Gasteiger partial charge in [0.25, 0.3) is 0 Å². The van der Waals surface area contributed by atoms with Crippen molar-refractivity contribution in [3.8, 4) is 0 Å². The molecule has 6 nitrogen and oxygen atoms in total. The highest BCUT2D eigenvalue weighted by atomic mass is 32.2. The molecule has 0 fully saturated rings. The molecule has 0 radical (unpaired) electrons. The summed E-state index contributed by atoms with van der Waals surface area (Å²) in [6, 6.07) is -0.576. The molecule has 0 rings (SSSR count). The van der Waals surface area contributed by atoms with E-state index in [1.54, 1.807) is 20.1 Å². The molecule has 0 saturated heterocycles. The maximum absolute atomic E-state index is 11.9. The zero-order chi connectivity index (χ0) is 14.3. The Hall–Kier alpha value is -1.11. The molecule has 0 spiro atoms. The first-order chi connectivity index (χ1) is 8.29. The number of carboxylic acids is 1. The fourth-order valence-electron chi connectivity index (χ4n) is 1.24. The lowest BCUT2D eigenvalue weighted by molar-refractivity contribution is -0.138. The predicted molar refractivity (Wildman–Crippen MR) is 71.0 cm³/mol. The predicted octanol–water partition coefficient (Wildman–Crippen LogP) is 0.648. The second kappa shape index (κ2) is 8.07. The molecule has 0 aliphatic rings. The van der Waals surface area contributed by atoms with Crippen LogP contribution >= 0.6 is 0 Å². The number of hydrogen-bond acceptors (Lipinski definition) is 3. The van der Waals surface area contributed by atoms with Crippen molar-refractivity contribution in [2.24, 2.45) is 0 Å². The van der Waals surface area contributed by atoms with Crippen LogP contribution in [0.3, 0.4) is 0 Å². The quantitative estimate of drug-likeness (QED) is 0.716. The first kappa shape index (κ1) is 16.9. The van der Waals surface area contributed by atoms with E-state index in [0.29, 0.717) is 6.42 Å². The van der Waals surface area contributed by atoms with Crippen LogP contribution in [0.15, 0.2) is 0 Å². The van der Waals surface area contributed by atoms with Gasteiger partial charge in [-0.2, -0.15) is 0 Å². The highest BCUT2D eigenvalue weighted by Gasteiger charge is 2.21. The fraction of sp³-hybridized carbons (Fsp3) is 0.818. The van der Waals surface area contributed by atoms with E-state index in [9.17, 15) is 13.8 Å². The van der Waals surface area contributed by atoms with Crippen molar-refractivity contribution in [1.82, 2.24) is 10.2 Å².